The minimum absolute atomic E-state index is 0.0164. The van der Waals surface area contributed by atoms with Gasteiger partial charge in [0.15, 0.2) is 0 Å². The van der Waals surface area contributed by atoms with Gasteiger partial charge in [-0.2, -0.15) is 0 Å². The Morgan fingerprint density at radius 1 is 0.938 bits per heavy atom. The smallest absolute Gasteiger partial charge is 0.408 e. The van der Waals surface area contributed by atoms with Crippen LogP contribution < -0.4 is 25.6 Å². The van der Waals surface area contributed by atoms with E-state index < -0.39 is 17.7 Å². The second kappa shape index (κ2) is 17.3. The topological polar surface area (TPSA) is 126 Å². The summed E-state index contributed by atoms with van der Waals surface area (Å²) < 4.78 is 11.2. The second-order valence-electron chi connectivity index (χ2n) is 12.5. The summed E-state index contributed by atoms with van der Waals surface area (Å²) in [6.07, 6.45) is 2.09. The van der Waals surface area contributed by atoms with Crippen molar-refractivity contribution in [3.63, 3.8) is 0 Å². The van der Waals surface area contributed by atoms with E-state index in [1.807, 2.05) is 42.5 Å². The van der Waals surface area contributed by atoms with Gasteiger partial charge in [0.1, 0.15) is 17.4 Å². The van der Waals surface area contributed by atoms with Crippen molar-refractivity contribution in [3.05, 3.63) is 88.4 Å². The number of unbranched alkanes of at least 4 members (excludes halogenated alkanes) is 2. The Morgan fingerprint density at radius 2 is 1.65 bits per heavy atom. The second-order valence-corrected chi connectivity index (χ2v) is 14.0. The lowest BCUT2D eigenvalue weighted by Gasteiger charge is -2.27. The molecule has 1 aliphatic heterocycles. The van der Waals surface area contributed by atoms with Crippen LogP contribution in [0, 0.1) is 0 Å². The fraction of sp³-hybridized carbons (Fsp3) is 0.389. The van der Waals surface area contributed by atoms with Crippen LogP contribution in [-0.2, 0) is 27.4 Å². The van der Waals surface area contributed by atoms with Gasteiger partial charge in [-0.25, -0.2) is 4.79 Å². The summed E-state index contributed by atoms with van der Waals surface area (Å²) in [5.74, 6) is 0.435. The average molecular weight is 695 g/mol. The molecule has 0 radical (unpaired) electrons. The third-order valence-electron chi connectivity index (χ3n) is 7.27. The number of amides is 4. The van der Waals surface area contributed by atoms with Gasteiger partial charge in [0.05, 0.1) is 18.8 Å². The molecule has 4 rings (SSSR count). The van der Waals surface area contributed by atoms with E-state index in [2.05, 4.69) is 16.0 Å². The van der Waals surface area contributed by atoms with Gasteiger partial charge in [0.2, 0.25) is 5.91 Å². The first-order valence-electron chi connectivity index (χ1n) is 15.9. The van der Waals surface area contributed by atoms with Crippen LogP contribution >= 0.6 is 23.4 Å². The third-order valence-corrected chi connectivity index (χ3v) is 8.67. The quantitative estimate of drug-likeness (QED) is 0.175. The van der Waals surface area contributed by atoms with Crippen LogP contribution in [0.1, 0.15) is 68.4 Å². The predicted molar refractivity (Wildman–Crippen MR) is 189 cm³/mol. The predicted octanol–water partition coefficient (Wildman–Crippen LogP) is 6.49. The normalized spacial score (nSPS) is 14.4. The Labute approximate surface area is 291 Å². The molecule has 0 saturated heterocycles. The van der Waals surface area contributed by atoms with Crippen molar-refractivity contribution in [2.75, 3.05) is 23.8 Å². The van der Waals surface area contributed by atoms with Crippen LogP contribution in [0.5, 0.6) is 5.75 Å². The number of ether oxygens (including phenoxy) is 2. The molecule has 0 unspecified atom stereocenters. The number of fused-ring (bicyclic) bond motifs is 1. The van der Waals surface area contributed by atoms with Gasteiger partial charge in [-0.15, -0.1) is 11.8 Å². The molecule has 0 aliphatic carbocycles. The molecule has 12 heteroatoms. The number of nitrogens with zero attached hydrogens (tertiary/aromatic N) is 1. The van der Waals surface area contributed by atoms with Gasteiger partial charge in [-0.1, -0.05) is 35.9 Å². The van der Waals surface area contributed by atoms with Gasteiger partial charge in [0, 0.05) is 41.2 Å². The Kier molecular flexibility index (Phi) is 13.2. The summed E-state index contributed by atoms with van der Waals surface area (Å²) in [6, 6.07) is 19.2. The standard InChI is InChI=1S/C36H43ClN4O6S/c1-24(42)38-18-6-5-7-19-46-29-15-10-25(11-16-29)21-39-33(43)27-12-17-32-31(20-27)41(22-26-8-13-28(37)14-9-26)34(44)30(23-48-32)40-35(45)47-36(2,3)4/h8-17,20,30H,5-7,18-19,21-23H2,1-4H3,(H,38,42)(H,39,43)(H,40,45)/t30-/m0/s1. The summed E-state index contributed by atoms with van der Waals surface area (Å²) in [5.41, 5.74) is 2.02. The molecule has 3 aromatic carbocycles. The van der Waals surface area contributed by atoms with Crippen molar-refractivity contribution < 1.29 is 28.7 Å². The molecule has 3 N–H and O–H groups in total. The minimum Gasteiger partial charge on any atom is -0.494 e. The Bertz CT molecular complexity index is 1580. The van der Waals surface area contributed by atoms with Gasteiger partial charge in [-0.05, 0) is 93.6 Å². The first kappa shape index (κ1) is 36.6. The summed E-state index contributed by atoms with van der Waals surface area (Å²) in [7, 11) is 0. The van der Waals surface area contributed by atoms with Gasteiger partial charge in [0.25, 0.3) is 11.8 Å². The number of carbonyl (C=O) groups excluding carboxylic acids is 4. The molecule has 4 amide bonds. The maximum Gasteiger partial charge on any atom is 0.408 e. The monoisotopic (exact) mass is 694 g/mol. The van der Waals surface area contributed by atoms with E-state index in [-0.39, 0.29) is 24.3 Å². The molecule has 10 nitrogen and oxygen atoms in total. The number of anilines is 1. The van der Waals surface area contributed by atoms with Gasteiger partial charge in [-0.3, -0.25) is 14.4 Å². The molecular formula is C36H43ClN4O6S. The number of carbonyl (C=O) groups is 4. The SMILES string of the molecule is CC(=O)NCCCCCOc1ccc(CNC(=O)c2ccc3c(c2)N(Cc2ccc(Cl)cc2)C(=O)[C@@H](NC(=O)OC(C)(C)C)CS3)cc1. The third kappa shape index (κ3) is 11.5. The van der Waals surface area contributed by atoms with Crippen molar-refractivity contribution in [3.8, 4) is 5.75 Å². The summed E-state index contributed by atoms with van der Waals surface area (Å²) >= 11 is 7.53. The van der Waals surface area contributed by atoms with Crippen LogP contribution in [0.3, 0.4) is 0 Å². The Hall–Kier alpha value is -4.22. The lowest BCUT2D eigenvalue weighted by atomic mass is 10.1. The van der Waals surface area contributed by atoms with Crippen LogP contribution in [-0.4, -0.2) is 54.4 Å². The first-order valence-corrected chi connectivity index (χ1v) is 17.3. The van der Waals surface area contributed by atoms with Crippen LogP contribution in [0.15, 0.2) is 71.6 Å². The zero-order valence-electron chi connectivity index (χ0n) is 27.8. The van der Waals surface area contributed by atoms with E-state index in [9.17, 15) is 19.2 Å². The number of alkyl carbamates (subject to hydrolysis) is 1. The molecule has 0 aromatic heterocycles. The number of benzene rings is 3. The van der Waals surface area contributed by atoms with Crippen LogP contribution in [0.25, 0.3) is 0 Å². The van der Waals surface area contributed by atoms with E-state index in [0.29, 0.717) is 41.7 Å². The van der Waals surface area contributed by atoms with E-state index in [4.69, 9.17) is 21.1 Å². The highest BCUT2D eigenvalue weighted by molar-refractivity contribution is 7.99. The number of halogens is 1. The largest absolute Gasteiger partial charge is 0.494 e. The molecular weight excluding hydrogens is 652 g/mol. The summed E-state index contributed by atoms with van der Waals surface area (Å²) in [4.78, 5) is 53.2. The number of rotatable bonds is 13. The first-order chi connectivity index (χ1) is 22.9. The average Bonchev–Trinajstić information content (AvgIpc) is 3.15. The Balaban J connectivity index is 1.40. The zero-order chi connectivity index (χ0) is 34.7. The highest BCUT2D eigenvalue weighted by atomic mass is 35.5. The zero-order valence-corrected chi connectivity index (χ0v) is 29.3. The maximum absolute atomic E-state index is 13.9. The highest BCUT2D eigenvalue weighted by Crippen LogP contribution is 2.36. The molecule has 0 fully saturated rings. The molecule has 256 valence electrons. The van der Waals surface area contributed by atoms with Crippen molar-refractivity contribution in [1.82, 2.24) is 16.0 Å². The van der Waals surface area contributed by atoms with Gasteiger partial charge < -0.3 is 30.3 Å². The van der Waals surface area contributed by atoms with Crippen molar-refractivity contribution in [1.29, 1.82) is 0 Å². The molecule has 48 heavy (non-hydrogen) atoms. The highest BCUT2D eigenvalue weighted by Gasteiger charge is 2.33. The molecule has 1 heterocycles. The molecule has 0 saturated carbocycles. The van der Waals surface area contributed by atoms with E-state index >= 15 is 0 Å². The maximum atomic E-state index is 13.9. The number of hydrogen-bond donors (Lipinski definition) is 3. The fourth-order valence-corrected chi connectivity index (χ4v) is 6.06. The van der Waals surface area contributed by atoms with Crippen molar-refractivity contribution >= 4 is 52.9 Å². The van der Waals surface area contributed by atoms with Gasteiger partial charge >= 0.3 is 6.09 Å². The van der Waals surface area contributed by atoms with Crippen LogP contribution in [0.4, 0.5) is 10.5 Å². The minimum atomic E-state index is -0.844. The number of nitrogens with one attached hydrogen (secondary N) is 3. The lowest BCUT2D eigenvalue weighted by Crippen LogP contribution is -2.50. The lowest BCUT2D eigenvalue weighted by molar-refractivity contribution is -0.120. The van der Waals surface area contributed by atoms with Crippen molar-refractivity contribution in [2.45, 2.75) is 76.6 Å². The number of thioether (sulfide) groups is 1. The fourth-order valence-electron chi connectivity index (χ4n) is 4.88. The number of hydrogen-bond acceptors (Lipinski definition) is 7. The van der Waals surface area contributed by atoms with Crippen LogP contribution in [0.2, 0.25) is 5.02 Å². The molecule has 1 atom stereocenters. The Morgan fingerprint density at radius 3 is 2.33 bits per heavy atom. The van der Waals surface area contributed by atoms with Crippen molar-refractivity contribution in [2.24, 2.45) is 0 Å². The summed E-state index contributed by atoms with van der Waals surface area (Å²) in [5, 5.41) is 9.07. The molecule has 1 aliphatic rings. The molecule has 0 spiro atoms. The van der Waals surface area contributed by atoms with E-state index in [1.54, 1.807) is 49.9 Å². The molecule has 0 bridgehead atoms. The van der Waals surface area contributed by atoms with E-state index in [1.165, 1.54) is 18.7 Å². The molecule has 3 aromatic rings. The van der Waals surface area contributed by atoms with E-state index in [0.717, 1.165) is 41.0 Å². The summed E-state index contributed by atoms with van der Waals surface area (Å²) in [6.45, 7) is 8.58.